The summed E-state index contributed by atoms with van der Waals surface area (Å²) in [7, 11) is 0. The van der Waals surface area contributed by atoms with Gasteiger partial charge in [-0.1, -0.05) is 12.8 Å². The van der Waals surface area contributed by atoms with Crippen molar-refractivity contribution < 1.29 is 19.4 Å². The van der Waals surface area contributed by atoms with Crippen LogP contribution in [0.25, 0.3) is 0 Å². The van der Waals surface area contributed by atoms with Crippen molar-refractivity contribution in [2.75, 3.05) is 12.4 Å². The predicted octanol–water partition coefficient (Wildman–Crippen LogP) is 1.74. The molecule has 92 valence electrons. The van der Waals surface area contributed by atoms with Gasteiger partial charge in [0.1, 0.15) is 6.61 Å². The highest BCUT2D eigenvalue weighted by molar-refractivity contribution is 7.80. The maximum absolute atomic E-state index is 11.9. The molecule has 1 rings (SSSR count). The molecule has 1 N–H and O–H groups in total. The van der Waals surface area contributed by atoms with Gasteiger partial charge in [-0.05, 0) is 19.8 Å². The number of esters is 1. The zero-order valence-electron chi connectivity index (χ0n) is 9.44. The third-order valence-electron chi connectivity index (χ3n) is 3.30. The molecular formula is C11H18O4S. The molecule has 0 spiro atoms. The van der Waals surface area contributed by atoms with Gasteiger partial charge < -0.3 is 9.84 Å². The summed E-state index contributed by atoms with van der Waals surface area (Å²) in [5.41, 5.74) is -0.868. The van der Waals surface area contributed by atoms with Crippen LogP contribution in [-0.4, -0.2) is 29.4 Å². The average Bonchev–Trinajstić information content (AvgIpc) is 2.25. The Balaban J connectivity index is 2.76. The first-order valence-electron chi connectivity index (χ1n) is 5.53. The van der Waals surface area contributed by atoms with Crippen molar-refractivity contribution in [3.63, 3.8) is 0 Å². The van der Waals surface area contributed by atoms with E-state index < -0.39 is 23.3 Å². The van der Waals surface area contributed by atoms with Gasteiger partial charge in [0, 0.05) is 5.75 Å². The molecule has 1 fully saturated rings. The van der Waals surface area contributed by atoms with Gasteiger partial charge in [0.05, 0.1) is 11.3 Å². The molecule has 0 bridgehead atoms. The highest BCUT2D eigenvalue weighted by Gasteiger charge is 2.47. The highest BCUT2D eigenvalue weighted by atomic mass is 32.1. The number of aliphatic carboxylic acids is 1. The van der Waals surface area contributed by atoms with Gasteiger partial charge in [-0.25, -0.2) is 0 Å². The van der Waals surface area contributed by atoms with Gasteiger partial charge in [0.2, 0.25) is 0 Å². The summed E-state index contributed by atoms with van der Waals surface area (Å²) in [4.78, 5) is 23.0. The molecule has 0 aliphatic heterocycles. The fourth-order valence-corrected chi connectivity index (χ4v) is 2.37. The van der Waals surface area contributed by atoms with E-state index in [1.165, 1.54) is 0 Å². The third-order valence-corrected chi connectivity index (χ3v) is 3.48. The van der Waals surface area contributed by atoms with E-state index >= 15 is 0 Å². The van der Waals surface area contributed by atoms with Crippen LogP contribution in [0.3, 0.4) is 0 Å². The topological polar surface area (TPSA) is 63.6 Å². The van der Waals surface area contributed by atoms with E-state index in [0.29, 0.717) is 18.6 Å². The van der Waals surface area contributed by atoms with E-state index in [-0.39, 0.29) is 6.61 Å². The second-order valence-electron chi connectivity index (χ2n) is 4.41. The number of carboxylic acid groups (broad SMARTS) is 1. The first kappa shape index (κ1) is 13.4. The molecule has 4 nitrogen and oxygen atoms in total. The Morgan fingerprint density at radius 3 is 2.75 bits per heavy atom. The molecule has 5 heteroatoms. The van der Waals surface area contributed by atoms with Crippen LogP contribution in [0.4, 0.5) is 0 Å². The number of hydrogen-bond donors (Lipinski definition) is 2. The Labute approximate surface area is 101 Å². The molecule has 0 aromatic carbocycles. The molecule has 0 aromatic heterocycles. The van der Waals surface area contributed by atoms with E-state index in [2.05, 4.69) is 12.6 Å². The molecule has 0 saturated heterocycles. The minimum absolute atomic E-state index is 0.240. The largest absolute Gasteiger partial charge is 0.481 e. The maximum Gasteiger partial charge on any atom is 0.312 e. The maximum atomic E-state index is 11.9. The van der Waals surface area contributed by atoms with Crippen molar-refractivity contribution in [2.45, 2.75) is 32.6 Å². The number of carboxylic acids is 1. The summed E-state index contributed by atoms with van der Waals surface area (Å²) < 4.78 is 5.04. The van der Waals surface area contributed by atoms with Crippen LogP contribution in [0, 0.1) is 11.3 Å². The molecule has 1 aliphatic carbocycles. The second-order valence-corrected chi connectivity index (χ2v) is 4.86. The molecule has 2 unspecified atom stereocenters. The zero-order chi connectivity index (χ0) is 12.2. The summed E-state index contributed by atoms with van der Waals surface area (Å²) >= 11 is 3.96. The fraction of sp³-hybridized carbons (Fsp3) is 0.818. The normalized spacial score (nSPS) is 29.8. The van der Waals surface area contributed by atoms with Crippen molar-refractivity contribution in [3.8, 4) is 0 Å². The summed E-state index contributed by atoms with van der Waals surface area (Å²) in [6.07, 6.45) is 2.90. The van der Waals surface area contributed by atoms with Gasteiger partial charge in [0.15, 0.2) is 0 Å². The van der Waals surface area contributed by atoms with Crippen LogP contribution in [0.1, 0.15) is 32.6 Å². The van der Waals surface area contributed by atoms with Gasteiger partial charge >= 0.3 is 11.9 Å². The summed E-state index contributed by atoms with van der Waals surface area (Å²) in [6.45, 7) is 1.94. The van der Waals surface area contributed by atoms with Crippen molar-refractivity contribution >= 4 is 24.6 Å². The fourth-order valence-electron chi connectivity index (χ4n) is 2.28. The SMILES string of the molecule is CC1(C(=O)OCCS)CCCCC1C(=O)O. The lowest BCUT2D eigenvalue weighted by molar-refractivity contribution is -0.168. The van der Waals surface area contributed by atoms with Crippen molar-refractivity contribution in [3.05, 3.63) is 0 Å². The zero-order valence-corrected chi connectivity index (χ0v) is 10.3. The average molecular weight is 246 g/mol. The van der Waals surface area contributed by atoms with Crippen LogP contribution in [0.15, 0.2) is 0 Å². The Bertz CT molecular complexity index is 279. The Morgan fingerprint density at radius 1 is 1.50 bits per heavy atom. The molecule has 0 aromatic rings. The summed E-state index contributed by atoms with van der Waals surface area (Å²) in [5.74, 6) is -1.45. The van der Waals surface area contributed by atoms with E-state index in [1.54, 1.807) is 6.92 Å². The monoisotopic (exact) mass is 246 g/mol. The molecule has 2 atom stereocenters. The molecular weight excluding hydrogens is 228 g/mol. The summed E-state index contributed by atoms with van der Waals surface area (Å²) in [6, 6.07) is 0. The number of thiol groups is 1. The van der Waals surface area contributed by atoms with Gasteiger partial charge in [0.25, 0.3) is 0 Å². The van der Waals surface area contributed by atoms with Crippen molar-refractivity contribution in [1.82, 2.24) is 0 Å². The molecule has 16 heavy (non-hydrogen) atoms. The number of hydrogen-bond acceptors (Lipinski definition) is 4. The Hall–Kier alpha value is -0.710. The molecule has 0 radical (unpaired) electrons. The predicted molar refractivity (Wildman–Crippen MR) is 62.5 cm³/mol. The first-order valence-corrected chi connectivity index (χ1v) is 6.16. The smallest absolute Gasteiger partial charge is 0.312 e. The lowest BCUT2D eigenvalue weighted by Gasteiger charge is -2.36. The van der Waals surface area contributed by atoms with Crippen molar-refractivity contribution in [1.29, 1.82) is 0 Å². The highest BCUT2D eigenvalue weighted by Crippen LogP contribution is 2.42. The third kappa shape index (κ3) is 2.70. The number of carbonyl (C=O) groups excluding carboxylic acids is 1. The summed E-state index contributed by atoms with van der Waals surface area (Å²) in [5, 5.41) is 9.13. The van der Waals surface area contributed by atoms with Gasteiger partial charge in [-0.3, -0.25) is 9.59 Å². The molecule has 1 aliphatic rings. The van der Waals surface area contributed by atoms with E-state index in [0.717, 1.165) is 12.8 Å². The van der Waals surface area contributed by atoms with Crippen LogP contribution in [-0.2, 0) is 14.3 Å². The Kier molecular flexibility index (Phi) is 4.65. The first-order chi connectivity index (χ1) is 7.52. The minimum Gasteiger partial charge on any atom is -0.481 e. The number of carbonyl (C=O) groups is 2. The van der Waals surface area contributed by atoms with Crippen LogP contribution < -0.4 is 0 Å². The van der Waals surface area contributed by atoms with E-state index in [1.807, 2.05) is 0 Å². The molecule has 1 saturated carbocycles. The second kappa shape index (κ2) is 5.57. The van der Waals surface area contributed by atoms with E-state index in [4.69, 9.17) is 9.84 Å². The van der Waals surface area contributed by atoms with Crippen LogP contribution >= 0.6 is 12.6 Å². The molecule has 0 heterocycles. The van der Waals surface area contributed by atoms with Gasteiger partial charge in [-0.15, -0.1) is 0 Å². The van der Waals surface area contributed by atoms with E-state index in [9.17, 15) is 9.59 Å². The molecule has 0 amide bonds. The van der Waals surface area contributed by atoms with Crippen LogP contribution in [0.5, 0.6) is 0 Å². The van der Waals surface area contributed by atoms with Crippen LogP contribution in [0.2, 0.25) is 0 Å². The van der Waals surface area contributed by atoms with Crippen molar-refractivity contribution in [2.24, 2.45) is 11.3 Å². The Morgan fingerprint density at radius 2 is 2.19 bits per heavy atom. The lowest BCUT2D eigenvalue weighted by Crippen LogP contribution is -2.43. The minimum atomic E-state index is -0.898. The quantitative estimate of drug-likeness (QED) is 0.586. The van der Waals surface area contributed by atoms with Gasteiger partial charge in [-0.2, -0.15) is 12.6 Å². The number of ether oxygens (including phenoxy) is 1. The standard InChI is InChI=1S/C11H18O4S/c1-11(10(14)15-6-7-16)5-3-2-4-8(11)9(12)13/h8,16H,2-7H2,1H3,(H,12,13). The number of rotatable bonds is 4. The lowest BCUT2D eigenvalue weighted by atomic mass is 9.67.